The van der Waals surface area contributed by atoms with Crippen molar-refractivity contribution in [3.05, 3.63) is 70.0 Å². The number of carbonyl (C=O) groups excluding carboxylic acids is 1. The van der Waals surface area contributed by atoms with Crippen LogP contribution in [0.3, 0.4) is 0 Å². The number of carbonyl (C=O) groups is 1. The van der Waals surface area contributed by atoms with Crippen LogP contribution in [0.1, 0.15) is 27.3 Å². The van der Waals surface area contributed by atoms with E-state index in [0.29, 0.717) is 28.8 Å². The molecule has 0 aliphatic heterocycles. The molecule has 0 saturated heterocycles. The lowest BCUT2D eigenvalue weighted by atomic mass is 10.2. The molecule has 2 aromatic carbocycles. The molecule has 1 amide bonds. The van der Waals surface area contributed by atoms with Gasteiger partial charge in [-0.3, -0.25) is 14.4 Å². The average molecular weight is 503 g/mol. The normalized spacial score (nSPS) is 11.8. The van der Waals surface area contributed by atoms with Gasteiger partial charge in [0.1, 0.15) is 0 Å². The Morgan fingerprint density at radius 2 is 1.82 bits per heavy atom. The molecule has 33 heavy (non-hydrogen) atoms. The number of aromatic nitrogens is 3. The van der Waals surface area contributed by atoms with Gasteiger partial charge in [0.15, 0.2) is 15.0 Å². The summed E-state index contributed by atoms with van der Waals surface area (Å²) >= 11 is 7.68. The zero-order valence-electron chi connectivity index (χ0n) is 18.7. The zero-order chi connectivity index (χ0) is 23.9. The molecule has 2 aromatic heterocycles. The number of thiazole rings is 1. The van der Waals surface area contributed by atoms with E-state index in [1.54, 1.807) is 4.90 Å². The van der Waals surface area contributed by atoms with E-state index >= 15 is 0 Å². The Hall–Kier alpha value is -2.75. The van der Waals surface area contributed by atoms with Gasteiger partial charge in [-0.2, -0.15) is 5.10 Å². The summed E-state index contributed by atoms with van der Waals surface area (Å²) in [5, 5.41) is 5.66. The molecule has 0 unspecified atom stereocenters. The van der Waals surface area contributed by atoms with Gasteiger partial charge < -0.3 is 0 Å². The van der Waals surface area contributed by atoms with Crippen LogP contribution >= 0.6 is 22.9 Å². The smallest absolute Gasteiger partial charge is 0.260 e. The van der Waals surface area contributed by atoms with Gasteiger partial charge in [0, 0.05) is 29.1 Å². The van der Waals surface area contributed by atoms with Gasteiger partial charge in [-0.25, -0.2) is 13.4 Å². The Morgan fingerprint density at radius 1 is 1.12 bits per heavy atom. The minimum Gasteiger partial charge on any atom is -0.282 e. The maximum atomic E-state index is 13.5. The van der Waals surface area contributed by atoms with Gasteiger partial charge in [-0.05, 0) is 68.8 Å². The number of anilines is 1. The molecule has 0 bridgehead atoms. The first-order valence-corrected chi connectivity index (χ1v) is 13.3. The van der Waals surface area contributed by atoms with E-state index in [2.05, 4.69) is 5.10 Å². The second-order valence-corrected chi connectivity index (χ2v) is 11.4. The summed E-state index contributed by atoms with van der Waals surface area (Å²) in [6.45, 7) is 6.64. The number of rotatable bonds is 6. The first-order valence-electron chi connectivity index (χ1n) is 10.2. The van der Waals surface area contributed by atoms with Crippen LogP contribution in [0.15, 0.2) is 47.4 Å². The molecule has 4 rings (SSSR count). The van der Waals surface area contributed by atoms with E-state index in [1.165, 1.54) is 35.6 Å². The predicted molar refractivity (Wildman–Crippen MR) is 132 cm³/mol. The third kappa shape index (κ3) is 4.80. The van der Waals surface area contributed by atoms with Gasteiger partial charge >= 0.3 is 0 Å². The first-order chi connectivity index (χ1) is 15.5. The molecule has 0 N–H and O–H groups in total. The number of halogens is 1. The fraction of sp³-hybridized carbons (Fsp3) is 0.261. The molecule has 0 fully saturated rings. The van der Waals surface area contributed by atoms with Crippen LogP contribution in [0.2, 0.25) is 5.02 Å². The molecule has 0 aliphatic rings. The van der Waals surface area contributed by atoms with Crippen LogP contribution in [0.25, 0.3) is 10.2 Å². The van der Waals surface area contributed by atoms with Crippen molar-refractivity contribution in [1.82, 2.24) is 14.8 Å². The number of sulfone groups is 1. The zero-order valence-corrected chi connectivity index (χ0v) is 21.1. The molecule has 0 atom stereocenters. The Morgan fingerprint density at radius 3 is 2.42 bits per heavy atom. The Kier molecular flexibility index (Phi) is 6.30. The molecule has 0 spiro atoms. The van der Waals surface area contributed by atoms with Crippen LogP contribution < -0.4 is 4.90 Å². The Labute approximate surface area is 201 Å². The predicted octanol–water partition coefficient (Wildman–Crippen LogP) is 4.82. The topological polar surface area (TPSA) is 85.2 Å². The van der Waals surface area contributed by atoms with Crippen LogP contribution in [-0.4, -0.2) is 41.9 Å². The van der Waals surface area contributed by atoms with Crippen molar-refractivity contribution in [2.45, 2.75) is 32.2 Å². The summed E-state index contributed by atoms with van der Waals surface area (Å²) in [5.74, 6) is -0.264. The molecule has 10 heteroatoms. The quantitative estimate of drug-likeness (QED) is 0.377. The number of hydrogen-bond donors (Lipinski definition) is 0. The number of amides is 1. The van der Waals surface area contributed by atoms with E-state index in [0.717, 1.165) is 33.4 Å². The maximum Gasteiger partial charge on any atom is 0.260 e. The SMILES string of the molecule is Cc1cc(C)n(CCN(C(=O)c2ccc(S(C)(=O)=O)cc2)c2nc3c(C)c(Cl)ccc3s2)n1. The summed E-state index contributed by atoms with van der Waals surface area (Å²) in [4.78, 5) is 20.0. The minimum atomic E-state index is -3.35. The highest BCUT2D eigenvalue weighted by atomic mass is 35.5. The third-order valence-electron chi connectivity index (χ3n) is 5.38. The van der Waals surface area contributed by atoms with Crippen molar-refractivity contribution in [3.63, 3.8) is 0 Å². The van der Waals surface area contributed by atoms with Crippen molar-refractivity contribution >= 4 is 54.0 Å². The summed E-state index contributed by atoms with van der Waals surface area (Å²) in [6, 6.07) is 11.7. The fourth-order valence-corrected chi connectivity index (χ4v) is 5.42. The average Bonchev–Trinajstić information content (AvgIpc) is 3.33. The molecule has 7 nitrogen and oxygen atoms in total. The molecule has 172 valence electrons. The van der Waals surface area contributed by atoms with Gasteiger partial charge in [0.25, 0.3) is 5.91 Å². The Bertz CT molecular complexity index is 1460. The molecule has 4 aromatic rings. The standard InChI is InChI=1S/C23H23ClN4O3S2/c1-14-13-15(2)28(26-14)12-11-27(22(29)17-5-7-18(8-6-17)33(4,30)31)23-25-21-16(3)19(24)9-10-20(21)32-23/h5-10,13H,11-12H2,1-4H3. The van der Waals surface area contributed by atoms with E-state index in [1.807, 2.05) is 43.7 Å². The summed E-state index contributed by atoms with van der Waals surface area (Å²) in [7, 11) is -3.35. The largest absolute Gasteiger partial charge is 0.282 e. The van der Waals surface area contributed by atoms with Gasteiger partial charge in [0.05, 0.1) is 27.4 Å². The summed E-state index contributed by atoms with van der Waals surface area (Å²) in [5.41, 5.74) is 3.92. The van der Waals surface area contributed by atoms with Crippen molar-refractivity contribution in [1.29, 1.82) is 0 Å². The van der Waals surface area contributed by atoms with Gasteiger partial charge in [0.2, 0.25) is 0 Å². The fourth-order valence-electron chi connectivity index (χ4n) is 3.58. The number of hydrogen-bond acceptors (Lipinski definition) is 6. The highest BCUT2D eigenvalue weighted by molar-refractivity contribution is 7.90. The van der Waals surface area contributed by atoms with E-state index in [9.17, 15) is 13.2 Å². The molecular formula is C23H23ClN4O3S2. The van der Waals surface area contributed by atoms with E-state index < -0.39 is 9.84 Å². The van der Waals surface area contributed by atoms with Crippen LogP contribution in [0, 0.1) is 20.8 Å². The number of nitrogens with zero attached hydrogens (tertiary/aromatic N) is 4. The monoisotopic (exact) mass is 502 g/mol. The molecule has 0 aliphatic carbocycles. The van der Waals surface area contributed by atoms with E-state index in [4.69, 9.17) is 16.6 Å². The van der Waals surface area contributed by atoms with Crippen LogP contribution in [0.4, 0.5) is 5.13 Å². The van der Waals surface area contributed by atoms with Crippen LogP contribution in [0.5, 0.6) is 0 Å². The van der Waals surface area contributed by atoms with Gasteiger partial charge in [-0.1, -0.05) is 22.9 Å². The maximum absolute atomic E-state index is 13.5. The van der Waals surface area contributed by atoms with Crippen LogP contribution in [-0.2, 0) is 16.4 Å². The number of aryl methyl sites for hydroxylation is 3. The third-order valence-corrected chi connectivity index (χ3v) is 7.96. The summed E-state index contributed by atoms with van der Waals surface area (Å²) in [6.07, 6.45) is 1.14. The highest BCUT2D eigenvalue weighted by Crippen LogP contribution is 2.34. The number of fused-ring (bicyclic) bond motifs is 1. The first kappa shape index (κ1) is 23.4. The highest BCUT2D eigenvalue weighted by Gasteiger charge is 2.23. The molecule has 0 radical (unpaired) electrons. The Balaban J connectivity index is 1.73. The molecule has 0 saturated carbocycles. The number of benzene rings is 2. The summed E-state index contributed by atoms with van der Waals surface area (Å²) < 4.78 is 26.4. The van der Waals surface area contributed by atoms with Crippen molar-refractivity contribution < 1.29 is 13.2 Å². The lowest BCUT2D eigenvalue weighted by Gasteiger charge is -2.20. The van der Waals surface area contributed by atoms with Crippen molar-refractivity contribution in [2.75, 3.05) is 17.7 Å². The van der Waals surface area contributed by atoms with Crippen molar-refractivity contribution in [3.8, 4) is 0 Å². The lowest BCUT2D eigenvalue weighted by Crippen LogP contribution is -2.34. The molecular weight excluding hydrogens is 480 g/mol. The van der Waals surface area contributed by atoms with Gasteiger partial charge in [-0.15, -0.1) is 0 Å². The second kappa shape index (κ2) is 8.89. The minimum absolute atomic E-state index is 0.165. The molecule has 2 heterocycles. The van der Waals surface area contributed by atoms with Crippen molar-refractivity contribution in [2.24, 2.45) is 0 Å². The lowest BCUT2D eigenvalue weighted by molar-refractivity contribution is 0.0985. The second-order valence-electron chi connectivity index (χ2n) is 7.92. The van der Waals surface area contributed by atoms with E-state index in [-0.39, 0.29) is 10.8 Å².